The van der Waals surface area contributed by atoms with E-state index < -0.39 is 26.8 Å². The Bertz CT molecular complexity index is 563. The van der Waals surface area contributed by atoms with E-state index in [1.165, 1.54) is 12.1 Å². The first kappa shape index (κ1) is 16.3. The van der Waals surface area contributed by atoms with Crippen LogP contribution in [0.1, 0.15) is 11.8 Å². The summed E-state index contributed by atoms with van der Waals surface area (Å²) in [7, 11) is -4.66. The predicted octanol–water partition coefficient (Wildman–Crippen LogP) is 0.422. The third kappa shape index (κ3) is 5.39. The van der Waals surface area contributed by atoms with Gasteiger partial charge in [-0.15, -0.1) is 11.3 Å². The van der Waals surface area contributed by atoms with Crippen molar-refractivity contribution >= 4 is 38.1 Å². The van der Waals surface area contributed by atoms with Gasteiger partial charge in [-0.1, -0.05) is 6.92 Å². The lowest BCUT2D eigenvalue weighted by molar-refractivity contribution is -0.136. The normalized spacial score (nSPS) is 13.3. The first-order chi connectivity index (χ1) is 8.85. The fourth-order valence-corrected chi connectivity index (χ4v) is 4.42. The molecule has 6 nitrogen and oxygen atoms in total. The van der Waals surface area contributed by atoms with E-state index in [1.807, 2.05) is 0 Å². The highest BCUT2D eigenvalue weighted by Crippen LogP contribution is 2.21. The Balaban J connectivity index is 2.64. The van der Waals surface area contributed by atoms with E-state index in [4.69, 9.17) is 5.11 Å². The zero-order valence-corrected chi connectivity index (χ0v) is 12.7. The van der Waals surface area contributed by atoms with Crippen LogP contribution in [-0.2, 0) is 32.0 Å². The highest BCUT2D eigenvalue weighted by atomic mass is 32.2. The van der Waals surface area contributed by atoms with Gasteiger partial charge in [0.05, 0.1) is 6.42 Å². The average Bonchev–Trinajstić information content (AvgIpc) is 2.76. The lowest BCUT2D eigenvalue weighted by Gasteiger charge is -2.03. The number of thiophene rings is 1. The summed E-state index contributed by atoms with van der Waals surface area (Å²) >= 11 is 0.926. The molecule has 2 N–H and O–H groups in total. The summed E-state index contributed by atoms with van der Waals surface area (Å²) in [6.07, 6.45) is -0.194. The number of carboxylic acids is 1. The Morgan fingerprint density at radius 1 is 1.47 bits per heavy atom. The molecule has 0 aliphatic rings. The Morgan fingerprint density at radius 2 is 2.16 bits per heavy atom. The number of nitrogens with one attached hydrogen (secondary N) is 1. The van der Waals surface area contributed by atoms with Gasteiger partial charge in [0.1, 0.15) is 4.21 Å². The Labute approximate surface area is 118 Å². The highest BCUT2D eigenvalue weighted by molar-refractivity contribution is 7.91. The van der Waals surface area contributed by atoms with Crippen LogP contribution in [0.25, 0.3) is 0 Å². The van der Waals surface area contributed by atoms with E-state index in [0.29, 0.717) is 10.6 Å². The van der Waals surface area contributed by atoms with E-state index in [2.05, 4.69) is 4.72 Å². The molecule has 0 bridgehead atoms. The SMILES string of the molecule is CCS(=O)CCNS(=O)(=O)c1ccc(CC(=O)O)s1. The maximum Gasteiger partial charge on any atom is 0.308 e. The molecule has 0 aromatic carbocycles. The maximum atomic E-state index is 11.9. The van der Waals surface area contributed by atoms with Gasteiger partial charge in [0.15, 0.2) is 0 Å². The molecule has 9 heteroatoms. The third-order valence-corrected chi connectivity index (χ3v) is 6.51. The van der Waals surface area contributed by atoms with Gasteiger partial charge in [0.25, 0.3) is 0 Å². The number of carbonyl (C=O) groups is 1. The standard InChI is InChI=1S/C10H15NO5S3/c1-2-18(14)6-5-11-19(15,16)10-4-3-8(17-10)7-9(12)13/h3-4,11H,2,5-7H2,1H3,(H,12,13). The van der Waals surface area contributed by atoms with Crippen molar-refractivity contribution in [2.75, 3.05) is 18.1 Å². The van der Waals surface area contributed by atoms with Crippen molar-refractivity contribution in [1.29, 1.82) is 0 Å². The van der Waals surface area contributed by atoms with Gasteiger partial charge < -0.3 is 5.11 Å². The quantitative estimate of drug-likeness (QED) is 0.721. The van der Waals surface area contributed by atoms with Crippen LogP contribution in [0.15, 0.2) is 16.3 Å². The Hall–Kier alpha value is -0.770. The van der Waals surface area contributed by atoms with Crippen LogP contribution in [0.4, 0.5) is 0 Å². The summed E-state index contributed by atoms with van der Waals surface area (Å²) < 4.78 is 37.3. The van der Waals surface area contributed by atoms with Gasteiger partial charge in [0.2, 0.25) is 10.0 Å². The highest BCUT2D eigenvalue weighted by Gasteiger charge is 2.17. The minimum Gasteiger partial charge on any atom is -0.481 e. The van der Waals surface area contributed by atoms with Crippen molar-refractivity contribution in [3.05, 3.63) is 17.0 Å². The second-order valence-corrected chi connectivity index (χ2v) is 8.65. The first-order valence-electron chi connectivity index (χ1n) is 5.50. The van der Waals surface area contributed by atoms with Gasteiger partial charge in [-0.2, -0.15) is 0 Å². The van der Waals surface area contributed by atoms with Gasteiger partial charge in [-0.25, -0.2) is 13.1 Å². The number of hydrogen-bond donors (Lipinski definition) is 2. The second-order valence-electron chi connectivity index (χ2n) is 3.62. The van der Waals surface area contributed by atoms with Crippen LogP contribution < -0.4 is 4.72 Å². The van der Waals surface area contributed by atoms with Crippen LogP contribution in [0.3, 0.4) is 0 Å². The molecular weight excluding hydrogens is 310 g/mol. The summed E-state index contributed by atoms with van der Waals surface area (Å²) in [5, 5.41) is 8.62. The fraction of sp³-hybridized carbons (Fsp3) is 0.500. The number of hydrogen-bond acceptors (Lipinski definition) is 5. The Kier molecular flexibility index (Phi) is 6.11. The molecule has 0 fully saturated rings. The summed E-state index contributed by atoms with van der Waals surface area (Å²) in [6, 6.07) is 2.86. The second kappa shape index (κ2) is 7.13. The molecular formula is C10H15NO5S3. The smallest absolute Gasteiger partial charge is 0.308 e. The number of aliphatic carboxylic acids is 1. The molecule has 0 saturated carbocycles. The van der Waals surface area contributed by atoms with E-state index in [1.54, 1.807) is 6.92 Å². The van der Waals surface area contributed by atoms with Crippen LogP contribution >= 0.6 is 11.3 Å². The fourth-order valence-electron chi connectivity index (χ4n) is 1.25. The van der Waals surface area contributed by atoms with Gasteiger partial charge >= 0.3 is 5.97 Å². The molecule has 1 aromatic rings. The number of carboxylic acid groups (broad SMARTS) is 1. The summed E-state index contributed by atoms with van der Waals surface area (Å²) in [5.74, 6) is -0.246. The summed E-state index contributed by atoms with van der Waals surface area (Å²) in [6.45, 7) is 1.87. The molecule has 0 amide bonds. The van der Waals surface area contributed by atoms with Gasteiger partial charge in [-0.05, 0) is 12.1 Å². The molecule has 0 aliphatic carbocycles. The van der Waals surface area contributed by atoms with E-state index >= 15 is 0 Å². The monoisotopic (exact) mass is 325 g/mol. The van der Waals surface area contributed by atoms with E-state index in [9.17, 15) is 17.4 Å². The van der Waals surface area contributed by atoms with Crippen molar-refractivity contribution < 1.29 is 22.5 Å². The minimum atomic E-state index is -3.64. The number of sulfonamides is 1. The van der Waals surface area contributed by atoms with E-state index in [-0.39, 0.29) is 22.9 Å². The number of rotatable bonds is 8. The molecule has 0 radical (unpaired) electrons. The summed E-state index contributed by atoms with van der Waals surface area (Å²) in [5.41, 5.74) is 0. The van der Waals surface area contributed by atoms with Gasteiger partial charge in [0, 0.05) is 33.7 Å². The molecule has 0 saturated heterocycles. The molecule has 1 atom stereocenters. The summed E-state index contributed by atoms with van der Waals surface area (Å²) in [4.78, 5) is 11.0. The maximum absolute atomic E-state index is 11.9. The molecule has 0 spiro atoms. The zero-order valence-electron chi connectivity index (χ0n) is 10.3. The predicted molar refractivity (Wildman–Crippen MR) is 74.4 cm³/mol. The molecule has 1 rings (SSSR count). The van der Waals surface area contributed by atoms with E-state index in [0.717, 1.165) is 11.3 Å². The van der Waals surface area contributed by atoms with Crippen LogP contribution in [0.2, 0.25) is 0 Å². The van der Waals surface area contributed by atoms with Gasteiger partial charge in [-0.3, -0.25) is 9.00 Å². The molecule has 1 unspecified atom stereocenters. The largest absolute Gasteiger partial charge is 0.481 e. The molecule has 1 aromatic heterocycles. The zero-order chi connectivity index (χ0) is 14.5. The van der Waals surface area contributed by atoms with Crippen LogP contribution in [0, 0.1) is 0 Å². The molecule has 108 valence electrons. The van der Waals surface area contributed by atoms with Crippen molar-refractivity contribution in [2.45, 2.75) is 17.6 Å². The van der Waals surface area contributed by atoms with Crippen molar-refractivity contribution in [2.24, 2.45) is 0 Å². The lowest BCUT2D eigenvalue weighted by atomic mass is 10.3. The Morgan fingerprint density at radius 3 is 2.74 bits per heavy atom. The van der Waals surface area contributed by atoms with Crippen molar-refractivity contribution in [3.8, 4) is 0 Å². The first-order valence-corrected chi connectivity index (χ1v) is 9.29. The average molecular weight is 325 g/mol. The minimum absolute atomic E-state index is 0.0750. The topological polar surface area (TPSA) is 101 Å². The molecule has 19 heavy (non-hydrogen) atoms. The van der Waals surface area contributed by atoms with Crippen molar-refractivity contribution in [3.63, 3.8) is 0 Å². The van der Waals surface area contributed by atoms with Crippen LogP contribution in [0.5, 0.6) is 0 Å². The van der Waals surface area contributed by atoms with Crippen molar-refractivity contribution in [1.82, 2.24) is 4.72 Å². The van der Waals surface area contributed by atoms with Crippen LogP contribution in [-0.4, -0.2) is 41.8 Å². The lowest BCUT2D eigenvalue weighted by Crippen LogP contribution is -2.27. The molecule has 1 heterocycles. The third-order valence-electron chi connectivity index (χ3n) is 2.17. The molecule has 0 aliphatic heterocycles.